The van der Waals surface area contributed by atoms with Crippen LogP contribution in [0.4, 0.5) is 0 Å². The van der Waals surface area contributed by atoms with Crippen molar-refractivity contribution < 1.29 is 4.90 Å². The van der Waals surface area contributed by atoms with E-state index < -0.39 is 0 Å². The third kappa shape index (κ3) is 1.09. The van der Waals surface area contributed by atoms with Gasteiger partial charge in [-0.15, -0.1) is 0 Å². The van der Waals surface area contributed by atoms with Gasteiger partial charge in [0.25, 0.3) is 0 Å². The van der Waals surface area contributed by atoms with Crippen LogP contribution in [0, 0.1) is 16.2 Å². The average molecular weight is 180 g/mol. The van der Waals surface area contributed by atoms with Crippen molar-refractivity contribution in [3.63, 3.8) is 0 Å². The van der Waals surface area contributed by atoms with E-state index in [0.717, 1.165) is 0 Å². The monoisotopic (exact) mass is 180 g/mol. The zero-order valence-electron chi connectivity index (χ0n) is 9.24. The fourth-order valence-corrected chi connectivity index (χ4v) is 5.65. The van der Waals surface area contributed by atoms with Crippen LogP contribution in [0.15, 0.2) is 0 Å². The summed E-state index contributed by atoms with van der Waals surface area (Å²) >= 11 is 0. The van der Waals surface area contributed by atoms with Crippen LogP contribution in [0.1, 0.15) is 40.0 Å². The Morgan fingerprint density at radius 1 is 0.692 bits per heavy atom. The summed E-state index contributed by atoms with van der Waals surface area (Å²) in [7, 11) is 0. The first-order valence-electron chi connectivity index (χ1n) is 5.74. The predicted molar refractivity (Wildman–Crippen MR) is 53.7 cm³/mol. The number of quaternary nitrogens is 1. The van der Waals surface area contributed by atoms with Crippen LogP contribution in [0.25, 0.3) is 0 Å². The highest BCUT2D eigenvalue weighted by Crippen LogP contribution is 2.56. The molecule has 4 aliphatic rings. The molecule has 3 heterocycles. The van der Waals surface area contributed by atoms with Crippen molar-refractivity contribution in [3.05, 3.63) is 0 Å². The van der Waals surface area contributed by atoms with E-state index in [0.29, 0.717) is 16.2 Å². The minimum Gasteiger partial charge on any atom is -0.334 e. The summed E-state index contributed by atoms with van der Waals surface area (Å²) in [6, 6.07) is 0. The molecular weight excluding hydrogens is 158 g/mol. The Kier molecular flexibility index (Phi) is 1.26. The van der Waals surface area contributed by atoms with Gasteiger partial charge in [0, 0.05) is 16.2 Å². The molecule has 1 N–H and O–H groups in total. The van der Waals surface area contributed by atoms with Gasteiger partial charge in [-0.1, -0.05) is 20.8 Å². The molecule has 0 aromatic carbocycles. The molecular formula is C12H22N+. The Morgan fingerprint density at radius 3 is 1.23 bits per heavy atom. The lowest BCUT2D eigenvalue weighted by Gasteiger charge is -2.62. The molecule has 4 bridgehead atoms. The first-order valence-corrected chi connectivity index (χ1v) is 5.74. The van der Waals surface area contributed by atoms with Gasteiger partial charge in [-0.3, -0.25) is 0 Å². The van der Waals surface area contributed by atoms with Crippen LogP contribution < -0.4 is 4.90 Å². The van der Waals surface area contributed by atoms with Crippen LogP contribution in [-0.4, -0.2) is 19.6 Å². The molecule has 0 radical (unpaired) electrons. The van der Waals surface area contributed by atoms with Crippen LogP contribution in [0.2, 0.25) is 0 Å². The standard InChI is InChI=1S/C12H21N/c1-10-4-11(2)6-12(3,5-10)9-13(7-10)8-11/h4-9H2,1-3H3/p+1. The van der Waals surface area contributed by atoms with Gasteiger partial charge < -0.3 is 4.90 Å². The second kappa shape index (κ2) is 1.98. The van der Waals surface area contributed by atoms with Gasteiger partial charge in [0.2, 0.25) is 0 Å². The summed E-state index contributed by atoms with van der Waals surface area (Å²) in [5, 5.41) is 0. The maximum Gasteiger partial charge on any atom is 0.0826 e. The number of piperidine rings is 3. The molecule has 3 aliphatic heterocycles. The predicted octanol–water partition coefficient (Wildman–Crippen LogP) is 1.10. The number of rotatable bonds is 0. The van der Waals surface area contributed by atoms with Crippen molar-refractivity contribution in [1.82, 2.24) is 0 Å². The maximum atomic E-state index is 2.53. The topological polar surface area (TPSA) is 4.44 Å². The highest BCUT2D eigenvalue weighted by molar-refractivity contribution is 5.03. The second-order valence-corrected chi connectivity index (χ2v) is 7.24. The molecule has 0 spiro atoms. The van der Waals surface area contributed by atoms with Gasteiger partial charge in [-0.25, -0.2) is 0 Å². The average Bonchev–Trinajstić information content (AvgIpc) is 1.71. The van der Waals surface area contributed by atoms with Gasteiger partial charge in [-0.2, -0.15) is 0 Å². The Balaban J connectivity index is 2.03. The molecule has 74 valence electrons. The Bertz CT molecular complexity index is 207. The lowest BCUT2D eigenvalue weighted by molar-refractivity contribution is -0.943. The third-order valence-electron chi connectivity index (χ3n) is 4.59. The fourth-order valence-electron chi connectivity index (χ4n) is 5.65. The Labute approximate surface area is 81.5 Å². The van der Waals surface area contributed by atoms with Crippen molar-refractivity contribution in [2.24, 2.45) is 16.2 Å². The summed E-state index contributed by atoms with van der Waals surface area (Å²) in [6.07, 6.45) is 4.50. The molecule has 0 atom stereocenters. The molecule has 1 nitrogen and oxygen atoms in total. The minimum atomic E-state index is 0.688. The van der Waals surface area contributed by atoms with Crippen LogP contribution in [-0.2, 0) is 0 Å². The molecule has 0 aromatic rings. The van der Waals surface area contributed by atoms with E-state index in [9.17, 15) is 0 Å². The third-order valence-corrected chi connectivity index (χ3v) is 4.59. The van der Waals surface area contributed by atoms with Crippen LogP contribution >= 0.6 is 0 Å². The van der Waals surface area contributed by atoms with Gasteiger partial charge >= 0.3 is 0 Å². The zero-order valence-corrected chi connectivity index (χ0v) is 9.24. The molecule has 3 saturated heterocycles. The summed E-state index contributed by atoms with van der Waals surface area (Å²) in [6.45, 7) is 12.0. The van der Waals surface area contributed by atoms with Crippen LogP contribution in [0.3, 0.4) is 0 Å². The van der Waals surface area contributed by atoms with E-state index in [-0.39, 0.29) is 0 Å². The molecule has 4 rings (SSSR count). The second-order valence-electron chi connectivity index (χ2n) is 7.24. The van der Waals surface area contributed by atoms with E-state index >= 15 is 0 Å². The molecule has 1 heteroatoms. The summed E-state index contributed by atoms with van der Waals surface area (Å²) in [4.78, 5) is 1.90. The van der Waals surface area contributed by atoms with Crippen molar-refractivity contribution in [2.45, 2.75) is 40.0 Å². The van der Waals surface area contributed by atoms with Crippen molar-refractivity contribution >= 4 is 0 Å². The number of hydrogen-bond acceptors (Lipinski definition) is 0. The largest absolute Gasteiger partial charge is 0.334 e. The quantitative estimate of drug-likeness (QED) is 0.569. The van der Waals surface area contributed by atoms with E-state index in [1.54, 1.807) is 0 Å². The highest BCUT2D eigenvalue weighted by Gasteiger charge is 2.60. The lowest BCUT2D eigenvalue weighted by Crippen LogP contribution is -3.20. The van der Waals surface area contributed by atoms with Crippen LogP contribution in [0.5, 0.6) is 0 Å². The van der Waals surface area contributed by atoms with Crippen molar-refractivity contribution in [2.75, 3.05) is 19.6 Å². The summed E-state index contributed by atoms with van der Waals surface area (Å²) < 4.78 is 0. The van der Waals surface area contributed by atoms with Gasteiger partial charge in [0.15, 0.2) is 0 Å². The number of nitrogens with one attached hydrogen (secondary N) is 1. The maximum absolute atomic E-state index is 2.53. The molecule has 0 aromatic heterocycles. The SMILES string of the molecule is CC12C[NH+]3CC(C)(C1)CC(C)(C3)C2. The first kappa shape index (κ1) is 8.28. The normalized spacial score (nSPS) is 64.4. The smallest absolute Gasteiger partial charge is 0.0826 e. The van der Waals surface area contributed by atoms with Crippen molar-refractivity contribution in [1.29, 1.82) is 0 Å². The van der Waals surface area contributed by atoms with E-state index in [1.165, 1.54) is 38.9 Å². The van der Waals surface area contributed by atoms with Gasteiger partial charge in [0.05, 0.1) is 19.6 Å². The van der Waals surface area contributed by atoms with Crippen molar-refractivity contribution in [3.8, 4) is 0 Å². The Hall–Kier alpha value is -0.0400. The molecule has 13 heavy (non-hydrogen) atoms. The van der Waals surface area contributed by atoms with Gasteiger partial charge in [-0.05, 0) is 19.3 Å². The minimum absolute atomic E-state index is 0.688. The molecule has 0 unspecified atom stereocenters. The summed E-state index contributed by atoms with van der Waals surface area (Å²) in [5.74, 6) is 0. The summed E-state index contributed by atoms with van der Waals surface area (Å²) in [5.41, 5.74) is 2.06. The number of hydrogen-bond donors (Lipinski definition) is 1. The van der Waals surface area contributed by atoms with E-state index in [2.05, 4.69) is 20.8 Å². The van der Waals surface area contributed by atoms with E-state index in [4.69, 9.17) is 0 Å². The molecule has 1 saturated carbocycles. The first-order chi connectivity index (χ1) is 5.91. The zero-order chi connectivity index (χ0) is 9.32. The molecule has 0 amide bonds. The molecule has 1 aliphatic carbocycles. The lowest BCUT2D eigenvalue weighted by atomic mass is 9.49. The highest BCUT2D eigenvalue weighted by atomic mass is 15.2. The van der Waals surface area contributed by atoms with E-state index in [1.807, 2.05) is 4.90 Å². The van der Waals surface area contributed by atoms with Gasteiger partial charge in [0.1, 0.15) is 0 Å². The Morgan fingerprint density at radius 2 is 1.00 bits per heavy atom. The molecule has 4 fully saturated rings. The fraction of sp³-hybridized carbons (Fsp3) is 1.00.